The summed E-state index contributed by atoms with van der Waals surface area (Å²) in [4.78, 5) is 14.0. The number of carbonyl (C=O) groups is 1. The standard InChI is InChI=1S/C18H29NO3/c1-17(2,3)22-16(21)11-12-18(4,14-20)13-19(5)15-9-7-6-8-10-15/h6-10,20H,11-14H2,1-5H3. The molecule has 0 fully saturated rings. The molecule has 1 N–H and O–H groups in total. The van der Waals surface area contributed by atoms with Gasteiger partial charge in [0.25, 0.3) is 0 Å². The molecule has 0 saturated carbocycles. The molecule has 0 aliphatic carbocycles. The fraction of sp³-hybridized carbons (Fsp3) is 0.611. The molecule has 4 heteroatoms. The number of nitrogens with zero attached hydrogens (tertiary/aromatic N) is 1. The van der Waals surface area contributed by atoms with Crippen LogP contribution in [0.25, 0.3) is 0 Å². The molecular weight excluding hydrogens is 278 g/mol. The molecule has 0 bridgehead atoms. The van der Waals surface area contributed by atoms with Gasteiger partial charge in [-0.2, -0.15) is 0 Å². The van der Waals surface area contributed by atoms with Crippen molar-refractivity contribution in [3.63, 3.8) is 0 Å². The van der Waals surface area contributed by atoms with Crippen molar-refractivity contribution < 1.29 is 14.6 Å². The quantitative estimate of drug-likeness (QED) is 0.786. The summed E-state index contributed by atoms with van der Waals surface area (Å²) in [6.07, 6.45) is 0.909. The van der Waals surface area contributed by atoms with E-state index in [-0.39, 0.29) is 18.0 Å². The van der Waals surface area contributed by atoms with Crippen LogP contribution in [-0.2, 0) is 9.53 Å². The largest absolute Gasteiger partial charge is 0.460 e. The molecule has 22 heavy (non-hydrogen) atoms. The van der Waals surface area contributed by atoms with Gasteiger partial charge in [0, 0.05) is 31.1 Å². The van der Waals surface area contributed by atoms with Gasteiger partial charge in [-0.15, -0.1) is 0 Å². The van der Waals surface area contributed by atoms with Gasteiger partial charge in [0.05, 0.1) is 6.61 Å². The first-order valence-corrected chi connectivity index (χ1v) is 7.74. The van der Waals surface area contributed by atoms with E-state index in [4.69, 9.17) is 4.74 Å². The van der Waals surface area contributed by atoms with E-state index in [1.54, 1.807) is 0 Å². The molecule has 0 aliphatic heterocycles. The average molecular weight is 307 g/mol. The second kappa shape index (κ2) is 7.63. The lowest BCUT2D eigenvalue weighted by atomic mass is 9.85. The van der Waals surface area contributed by atoms with Gasteiger partial charge < -0.3 is 14.7 Å². The zero-order chi connectivity index (χ0) is 16.8. The zero-order valence-corrected chi connectivity index (χ0v) is 14.4. The number of anilines is 1. The molecule has 1 atom stereocenters. The molecule has 0 amide bonds. The van der Waals surface area contributed by atoms with Crippen LogP contribution in [-0.4, -0.2) is 36.9 Å². The van der Waals surface area contributed by atoms with Gasteiger partial charge in [0.15, 0.2) is 0 Å². The highest BCUT2D eigenvalue weighted by molar-refractivity contribution is 5.69. The van der Waals surface area contributed by atoms with E-state index in [2.05, 4.69) is 4.90 Å². The smallest absolute Gasteiger partial charge is 0.306 e. The second-order valence-corrected chi connectivity index (χ2v) is 7.25. The van der Waals surface area contributed by atoms with E-state index >= 15 is 0 Å². The van der Waals surface area contributed by atoms with Crippen LogP contribution in [0.3, 0.4) is 0 Å². The summed E-state index contributed by atoms with van der Waals surface area (Å²) < 4.78 is 5.33. The minimum absolute atomic E-state index is 0.0347. The van der Waals surface area contributed by atoms with E-state index in [0.717, 1.165) is 5.69 Å². The third-order valence-corrected chi connectivity index (χ3v) is 3.55. The Kier molecular flexibility index (Phi) is 6.42. The highest BCUT2D eigenvalue weighted by Crippen LogP contribution is 2.27. The van der Waals surface area contributed by atoms with E-state index in [1.165, 1.54) is 0 Å². The summed E-state index contributed by atoms with van der Waals surface area (Å²) in [5.41, 5.74) is 0.286. The van der Waals surface area contributed by atoms with Gasteiger partial charge in [0.2, 0.25) is 0 Å². The van der Waals surface area contributed by atoms with Crippen LogP contribution in [0.15, 0.2) is 30.3 Å². The Morgan fingerprint density at radius 2 is 1.77 bits per heavy atom. The first-order chi connectivity index (χ1) is 10.2. The Bertz CT molecular complexity index is 467. The molecule has 1 aromatic carbocycles. The van der Waals surface area contributed by atoms with Crippen LogP contribution in [0.5, 0.6) is 0 Å². The summed E-state index contributed by atoms with van der Waals surface area (Å²) in [5, 5.41) is 9.75. The van der Waals surface area contributed by atoms with Crippen molar-refractivity contribution >= 4 is 11.7 Å². The Hall–Kier alpha value is -1.55. The van der Waals surface area contributed by atoms with Crippen LogP contribution in [0, 0.1) is 5.41 Å². The molecule has 1 aromatic rings. The summed E-state index contributed by atoms with van der Waals surface area (Å²) in [7, 11) is 2.00. The molecule has 0 saturated heterocycles. The number of aliphatic hydroxyl groups excluding tert-OH is 1. The number of aliphatic hydroxyl groups is 1. The predicted molar refractivity (Wildman–Crippen MR) is 90.0 cm³/mol. The SMILES string of the molecule is CN(CC(C)(CO)CCC(=O)OC(C)(C)C)c1ccccc1. The maximum atomic E-state index is 11.9. The van der Waals surface area contributed by atoms with Crippen molar-refractivity contribution in [2.75, 3.05) is 25.1 Å². The van der Waals surface area contributed by atoms with Gasteiger partial charge >= 0.3 is 5.97 Å². The third kappa shape index (κ3) is 6.48. The van der Waals surface area contributed by atoms with Crippen LogP contribution >= 0.6 is 0 Å². The monoisotopic (exact) mass is 307 g/mol. The lowest BCUT2D eigenvalue weighted by Crippen LogP contribution is -2.37. The Balaban J connectivity index is 2.59. The molecule has 0 spiro atoms. The number of carbonyl (C=O) groups excluding carboxylic acids is 1. The lowest BCUT2D eigenvalue weighted by molar-refractivity contribution is -0.155. The molecule has 1 rings (SSSR count). The third-order valence-electron chi connectivity index (χ3n) is 3.55. The van der Waals surface area contributed by atoms with E-state index in [0.29, 0.717) is 19.4 Å². The second-order valence-electron chi connectivity index (χ2n) is 7.25. The lowest BCUT2D eigenvalue weighted by Gasteiger charge is -2.33. The zero-order valence-electron chi connectivity index (χ0n) is 14.4. The van der Waals surface area contributed by atoms with Gasteiger partial charge in [-0.3, -0.25) is 4.79 Å². The normalized spacial score (nSPS) is 14.3. The van der Waals surface area contributed by atoms with Gasteiger partial charge in [-0.05, 0) is 39.3 Å². The van der Waals surface area contributed by atoms with Crippen molar-refractivity contribution in [1.82, 2.24) is 0 Å². The topological polar surface area (TPSA) is 49.8 Å². The molecule has 124 valence electrons. The van der Waals surface area contributed by atoms with E-state index in [9.17, 15) is 9.90 Å². The Morgan fingerprint density at radius 1 is 1.18 bits per heavy atom. The van der Waals surface area contributed by atoms with E-state index in [1.807, 2.05) is 65.1 Å². The average Bonchev–Trinajstić information content (AvgIpc) is 2.44. The van der Waals surface area contributed by atoms with Crippen molar-refractivity contribution in [3.05, 3.63) is 30.3 Å². The maximum Gasteiger partial charge on any atom is 0.306 e. The molecular formula is C18H29NO3. The van der Waals surface area contributed by atoms with Crippen molar-refractivity contribution in [2.45, 2.75) is 46.1 Å². The summed E-state index contributed by atoms with van der Waals surface area (Å²) in [5.74, 6) is -0.213. The minimum atomic E-state index is -0.465. The molecule has 0 radical (unpaired) electrons. The Labute approximate surface area is 134 Å². The maximum absolute atomic E-state index is 11.9. The van der Waals surface area contributed by atoms with Gasteiger partial charge in [-0.25, -0.2) is 0 Å². The number of esters is 1. The molecule has 4 nitrogen and oxygen atoms in total. The molecule has 0 heterocycles. The van der Waals surface area contributed by atoms with Gasteiger partial charge in [-0.1, -0.05) is 25.1 Å². The minimum Gasteiger partial charge on any atom is -0.460 e. The first-order valence-electron chi connectivity index (χ1n) is 7.74. The van der Waals surface area contributed by atoms with Crippen LogP contribution in [0.2, 0.25) is 0 Å². The predicted octanol–water partition coefficient (Wildman–Crippen LogP) is 3.24. The highest BCUT2D eigenvalue weighted by Gasteiger charge is 2.27. The summed E-state index contributed by atoms with van der Waals surface area (Å²) in [6.45, 7) is 8.29. The van der Waals surface area contributed by atoms with Crippen LogP contribution in [0.4, 0.5) is 5.69 Å². The fourth-order valence-corrected chi connectivity index (χ4v) is 2.35. The van der Waals surface area contributed by atoms with Crippen molar-refractivity contribution in [2.24, 2.45) is 5.41 Å². The molecule has 0 aliphatic rings. The molecule has 1 unspecified atom stereocenters. The number of hydrogen-bond acceptors (Lipinski definition) is 4. The van der Waals surface area contributed by atoms with Crippen LogP contribution < -0.4 is 4.90 Å². The first kappa shape index (κ1) is 18.5. The number of rotatable bonds is 7. The van der Waals surface area contributed by atoms with Gasteiger partial charge in [0.1, 0.15) is 5.60 Å². The summed E-state index contributed by atoms with van der Waals surface area (Å²) in [6, 6.07) is 10.0. The van der Waals surface area contributed by atoms with Crippen molar-refractivity contribution in [1.29, 1.82) is 0 Å². The van der Waals surface area contributed by atoms with E-state index < -0.39 is 5.60 Å². The number of ether oxygens (including phenoxy) is 1. The number of hydrogen-bond donors (Lipinski definition) is 1. The fourth-order valence-electron chi connectivity index (χ4n) is 2.35. The Morgan fingerprint density at radius 3 is 2.27 bits per heavy atom. The number of benzene rings is 1. The van der Waals surface area contributed by atoms with Crippen molar-refractivity contribution in [3.8, 4) is 0 Å². The summed E-state index contributed by atoms with van der Waals surface area (Å²) >= 11 is 0. The van der Waals surface area contributed by atoms with Crippen LogP contribution in [0.1, 0.15) is 40.5 Å². The molecule has 0 aromatic heterocycles. The highest BCUT2D eigenvalue weighted by atomic mass is 16.6. The number of para-hydroxylation sites is 1.